The van der Waals surface area contributed by atoms with Crippen molar-refractivity contribution in [3.8, 4) is 0 Å². The van der Waals surface area contributed by atoms with Gasteiger partial charge in [-0.15, -0.1) is 10.2 Å². The first-order chi connectivity index (χ1) is 9.56. The van der Waals surface area contributed by atoms with Crippen molar-refractivity contribution in [2.75, 3.05) is 12.3 Å². The van der Waals surface area contributed by atoms with Crippen molar-refractivity contribution in [3.63, 3.8) is 0 Å². The third kappa shape index (κ3) is 6.10. The fourth-order valence-corrected chi connectivity index (χ4v) is 4.18. The zero-order valence-corrected chi connectivity index (χ0v) is 13.9. The summed E-state index contributed by atoms with van der Waals surface area (Å²) in [7, 11) is 0. The van der Waals surface area contributed by atoms with Gasteiger partial charge in [0.05, 0.1) is 11.0 Å². The van der Waals surface area contributed by atoms with Crippen LogP contribution in [-0.4, -0.2) is 39.6 Å². The smallest absolute Gasteiger partial charge is 0.230 e. The first kappa shape index (κ1) is 17.3. The second-order valence-electron chi connectivity index (χ2n) is 3.89. The summed E-state index contributed by atoms with van der Waals surface area (Å²) in [5.74, 6) is -0.0301. The van der Waals surface area contributed by atoms with Crippen LogP contribution in [0.5, 0.6) is 0 Å². The number of rotatable bonds is 9. The summed E-state index contributed by atoms with van der Waals surface area (Å²) in [4.78, 5) is 22.6. The maximum Gasteiger partial charge on any atom is 0.230 e. The molecular weight excluding hydrogens is 316 g/mol. The second-order valence-corrected chi connectivity index (χ2v) is 7.54. The highest BCUT2D eigenvalue weighted by atomic mass is 32.2. The van der Waals surface area contributed by atoms with E-state index in [0.29, 0.717) is 23.1 Å². The Morgan fingerprint density at radius 3 is 2.65 bits per heavy atom. The normalized spacial score (nSPS) is 12.1. The number of amides is 2. The molecule has 1 aromatic heterocycles. The van der Waals surface area contributed by atoms with E-state index < -0.39 is 0 Å². The first-order valence-electron chi connectivity index (χ1n) is 6.25. The average Bonchev–Trinajstić information content (AvgIpc) is 2.87. The molecule has 1 rings (SSSR count). The van der Waals surface area contributed by atoms with Crippen molar-refractivity contribution >= 4 is 46.7 Å². The minimum Gasteiger partial charge on any atom is -0.369 e. The first-order valence-corrected chi connectivity index (χ1v) is 8.94. The Bertz CT molecular complexity index is 453. The van der Waals surface area contributed by atoms with Crippen molar-refractivity contribution in [2.24, 2.45) is 5.73 Å². The molecule has 112 valence electrons. The van der Waals surface area contributed by atoms with Crippen LogP contribution in [0.3, 0.4) is 0 Å². The molecule has 2 amide bonds. The lowest BCUT2D eigenvalue weighted by Crippen LogP contribution is -2.25. The number of aromatic nitrogens is 2. The van der Waals surface area contributed by atoms with Crippen molar-refractivity contribution in [1.29, 1.82) is 0 Å². The number of primary amides is 1. The van der Waals surface area contributed by atoms with Gasteiger partial charge in [-0.2, -0.15) is 0 Å². The Labute approximate surface area is 130 Å². The molecule has 9 heteroatoms. The minimum atomic E-state index is -0.346. The Hall–Kier alpha value is -0.800. The molecule has 1 aromatic rings. The quantitative estimate of drug-likeness (QED) is 0.664. The summed E-state index contributed by atoms with van der Waals surface area (Å²) < 4.78 is 1.42. The predicted molar refractivity (Wildman–Crippen MR) is 83.1 cm³/mol. The summed E-state index contributed by atoms with van der Waals surface area (Å²) >= 11 is 4.04. The van der Waals surface area contributed by atoms with E-state index in [1.807, 2.05) is 13.8 Å². The third-order valence-electron chi connectivity index (χ3n) is 2.22. The molecule has 0 unspecified atom stereocenters. The third-order valence-corrected chi connectivity index (χ3v) is 5.74. The maximum absolute atomic E-state index is 11.5. The molecule has 0 radical (unpaired) electrons. The molecule has 1 heterocycles. The summed E-state index contributed by atoms with van der Waals surface area (Å²) in [5, 5.41) is 10.5. The van der Waals surface area contributed by atoms with E-state index in [1.165, 1.54) is 34.9 Å². The van der Waals surface area contributed by atoms with Crippen LogP contribution in [0.2, 0.25) is 0 Å². The SMILES string of the molecule is CCCNC(=O)CSc1nnc(S[C@H](CC)C(N)=O)s1. The zero-order chi connectivity index (χ0) is 15.0. The molecule has 20 heavy (non-hydrogen) atoms. The molecule has 0 fully saturated rings. The van der Waals surface area contributed by atoms with Crippen LogP contribution in [0.1, 0.15) is 26.7 Å². The van der Waals surface area contributed by atoms with E-state index in [-0.39, 0.29) is 17.1 Å². The molecule has 0 spiro atoms. The lowest BCUT2D eigenvalue weighted by molar-refractivity contribution is -0.119. The molecular formula is C11H18N4O2S3. The largest absolute Gasteiger partial charge is 0.369 e. The number of nitrogens with zero attached hydrogens (tertiary/aromatic N) is 2. The van der Waals surface area contributed by atoms with Gasteiger partial charge < -0.3 is 11.1 Å². The molecule has 0 aliphatic rings. The van der Waals surface area contributed by atoms with Crippen LogP contribution in [0, 0.1) is 0 Å². The highest BCUT2D eigenvalue weighted by Gasteiger charge is 2.17. The van der Waals surface area contributed by atoms with Crippen molar-refractivity contribution in [1.82, 2.24) is 15.5 Å². The molecule has 0 aromatic carbocycles. The maximum atomic E-state index is 11.5. The van der Waals surface area contributed by atoms with Crippen LogP contribution < -0.4 is 11.1 Å². The van der Waals surface area contributed by atoms with Gasteiger partial charge in [-0.1, -0.05) is 48.7 Å². The van der Waals surface area contributed by atoms with Gasteiger partial charge in [0.1, 0.15) is 0 Å². The Morgan fingerprint density at radius 1 is 1.35 bits per heavy atom. The number of nitrogens with two attached hydrogens (primary N) is 1. The number of carbonyl (C=O) groups is 2. The molecule has 6 nitrogen and oxygen atoms in total. The zero-order valence-electron chi connectivity index (χ0n) is 11.4. The van der Waals surface area contributed by atoms with Crippen LogP contribution in [-0.2, 0) is 9.59 Å². The Kier molecular flexibility index (Phi) is 7.93. The highest BCUT2D eigenvalue weighted by Crippen LogP contribution is 2.31. The number of carbonyl (C=O) groups excluding carboxylic acids is 2. The molecule has 0 bridgehead atoms. The van der Waals surface area contributed by atoms with Gasteiger partial charge in [-0.3, -0.25) is 9.59 Å². The van der Waals surface area contributed by atoms with Gasteiger partial charge in [0.15, 0.2) is 8.68 Å². The standard InChI is InChI=1S/C11H18N4O2S3/c1-3-5-13-8(16)6-18-10-14-15-11(20-10)19-7(4-2)9(12)17/h7H,3-6H2,1-2H3,(H2,12,17)(H,13,16)/t7-/m1/s1. The Morgan fingerprint density at radius 2 is 2.05 bits per heavy atom. The van der Waals surface area contributed by atoms with Crippen LogP contribution >= 0.6 is 34.9 Å². The van der Waals surface area contributed by atoms with Gasteiger partial charge >= 0.3 is 0 Å². The second kappa shape index (κ2) is 9.19. The van der Waals surface area contributed by atoms with Gasteiger partial charge in [-0.25, -0.2) is 0 Å². The van der Waals surface area contributed by atoms with Gasteiger partial charge in [0, 0.05) is 6.54 Å². The van der Waals surface area contributed by atoms with E-state index in [1.54, 1.807) is 0 Å². The van der Waals surface area contributed by atoms with Gasteiger partial charge in [0.25, 0.3) is 0 Å². The van der Waals surface area contributed by atoms with E-state index in [0.717, 1.165) is 10.8 Å². The van der Waals surface area contributed by atoms with Crippen LogP contribution in [0.15, 0.2) is 8.68 Å². The minimum absolute atomic E-state index is 0.00942. The van der Waals surface area contributed by atoms with E-state index in [4.69, 9.17) is 5.73 Å². The van der Waals surface area contributed by atoms with Crippen LogP contribution in [0.25, 0.3) is 0 Å². The number of hydrogen-bond acceptors (Lipinski definition) is 7. The van der Waals surface area contributed by atoms with Crippen molar-refractivity contribution < 1.29 is 9.59 Å². The topological polar surface area (TPSA) is 98.0 Å². The monoisotopic (exact) mass is 334 g/mol. The van der Waals surface area contributed by atoms with Crippen LogP contribution in [0.4, 0.5) is 0 Å². The van der Waals surface area contributed by atoms with Crippen molar-refractivity contribution in [3.05, 3.63) is 0 Å². The summed E-state index contributed by atoms with van der Waals surface area (Å²) in [6, 6.07) is 0. The fraction of sp³-hybridized carbons (Fsp3) is 0.636. The molecule has 1 atom stereocenters. The molecule has 3 N–H and O–H groups in total. The summed E-state index contributed by atoms with van der Waals surface area (Å²) in [5.41, 5.74) is 5.29. The number of thioether (sulfide) groups is 2. The highest BCUT2D eigenvalue weighted by molar-refractivity contribution is 8.04. The van der Waals surface area contributed by atoms with Gasteiger partial charge in [-0.05, 0) is 12.8 Å². The lowest BCUT2D eigenvalue weighted by atomic mass is 10.3. The Balaban J connectivity index is 2.43. The van der Waals surface area contributed by atoms with E-state index in [2.05, 4.69) is 15.5 Å². The lowest BCUT2D eigenvalue weighted by Gasteiger charge is -2.06. The van der Waals surface area contributed by atoms with Gasteiger partial charge in [0.2, 0.25) is 11.8 Å². The molecule has 0 saturated heterocycles. The molecule has 0 saturated carbocycles. The van der Waals surface area contributed by atoms with E-state index >= 15 is 0 Å². The number of nitrogens with one attached hydrogen (secondary N) is 1. The predicted octanol–water partition coefficient (Wildman–Crippen LogP) is 1.51. The average molecular weight is 334 g/mol. The fourth-order valence-electron chi connectivity index (χ4n) is 1.21. The van der Waals surface area contributed by atoms with Crippen molar-refractivity contribution in [2.45, 2.75) is 40.6 Å². The molecule has 0 aliphatic heterocycles. The van der Waals surface area contributed by atoms with E-state index in [9.17, 15) is 9.59 Å². The number of hydrogen-bond donors (Lipinski definition) is 2. The molecule has 0 aliphatic carbocycles. The summed E-state index contributed by atoms with van der Waals surface area (Å²) in [6.45, 7) is 4.59. The summed E-state index contributed by atoms with van der Waals surface area (Å²) in [6.07, 6.45) is 1.57.